The van der Waals surface area contributed by atoms with Gasteiger partial charge in [0.25, 0.3) is 0 Å². The molecule has 1 heterocycles. The summed E-state index contributed by atoms with van der Waals surface area (Å²) in [4.78, 5) is 2.67. The molecule has 2 N–H and O–H groups in total. The van der Waals surface area contributed by atoms with Crippen molar-refractivity contribution in [2.24, 2.45) is 17.6 Å². The van der Waals surface area contributed by atoms with Crippen LogP contribution in [0.15, 0.2) is 0 Å². The summed E-state index contributed by atoms with van der Waals surface area (Å²) in [5, 5.41) is 0. The van der Waals surface area contributed by atoms with Crippen molar-refractivity contribution in [3.8, 4) is 0 Å². The van der Waals surface area contributed by atoms with Crippen LogP contribution in [-0.2, 0) is 0 Å². The summed E-state index contributed by atoms with van der Waals surface area (Å²) in [5.74, 6) is 1.87. The van der Waals surface area contributed by atoms with Gasteiger partial charge in [0.2, 0.25) is 0 Å². The summed E-state index contributed by atoms with van der Waals surface area (Å²) in [5.41, 5.74) is 5.89. The molecule has 2 rings (SSSR count). The minimum absolute atomic E-state index is 0.709. The first kappa shape index (κ1) is 10.4. The molecule has 0 radical (unpaired) electrons. The van der Waals surface area contributed by atoms with Crippen LogP contribution in [0.2, 0.25) is 0 Å². The lowest BCUT2D eigenvalue weighted by molar-refractivity contribution is 0.186. The number of likely N-dealkylation sites (tertiary alicyclic amines) is 1. The van der Waals surface area contributed by atoms with E-state index in [1.54, 1.807) is 0 Å². The van der Waals surface area contributed by atoms with Crippen molar-refractivity contribution >= 4 is 0 Å². The summed E-state index contributed by atoms with van der Waals surface area (Å²) >= 11 is 0. The second-order valence-electron chi connectivity index (χ2n) is 5.21. The smallest absolute Gasteiger partial charge is 0.0246 e. The Hall–Kier alpha value is -0.0800. The molecule has 0 bridgehead atoms. The molecule has 0 aromatic heterocycles. The molecule has 14 heavy (non-hydrogen) atoms. The van der Waals surface area contributed by atoms with Gasteiger partial charge >= 0.3 is 0 Å². The van der Waals surface area contributed by atoms with Crippen LogP contribution in [0.25, 0.3) is 0 Å². The van der Waals surface area contributed by atoms with E-state index in [0.29, 0.717) is 6.04 Å². The summed E-state index contributed by atoms with van der Waals surface area (Å²) < 4.78 is 0. The molecule has 0 amide bonds. The predicted octanol–water partition coefficient (Wildman–Crippen LogP) is 1.85. The number of rotatable bonds is 3. The molecule has 2 nitrogen and oxygen atoms in total. The quantitative estimate of drug-likeness (QED) is 0.746. The van der Waals surface area contributed by atoms with Crippen LogP contribution in [0.1, 0.15) is 39.0 Å². The Morgan fingerprint density at radius 1 is 1.21 bits per heavy atom. The molecule has 2 unspecified atom stereocenters. The second kappa shape index (κ2) is 4.63. The molecule has 0 aromatic carbocycles. The fraction of sp³-hybridized carbons (Fsp3) is 1.00. The van der Waals surface area contributed by atoms with Crippen LogP contribution in [0.5, 0.6) is 0 Å². The molecule has 1 aliphatic carbocycles. The molecule has 2 atom stereocenters. The SMILES string of the molecule is CC1CCCN(C(CN)C2CC2)CC1. The first-order valence-corrected chi connectivity index (χ1v) is 6.25. The zero-order valence-corrected chi connectivity index (χ0v) is 9.41. The molecule has 0 spiro atoms. The molecule has 1 saturated carbocycles. The lowest BCUT2D eigenvalue weighted by Gasteiger charge is -2.29. The summed E-state index contributed by atoms with van der Waals surface area (Å²) in [7, 11) is 0. The van der Waals surface area contributed by atoms with Gasteiger partial charge in [-0.2, -0.15) is 0 Å². The van der Waals surface area contributed by atoms with Gasteiger partial charge in [0.1, 0.15) is 0 Å². The van der Waals surface area contributed by atoms with Gasteiger partial charge < -0.3 is 5.73 Å². The monoisotopic (exact) mass is 196 g/mol. The summed E-state index contributed by atoms with van der Waals surface area (Å²) in [6, 6.07) is 0.709. The Morgan fingerprint density at radius 3 is 2.64 bits per heavy atom. The lowest BCUT2D eigenvalue weighted by Crippen LogP contribution is -2.42. The van der Waals surface area contributed by atoms with Crippen LogP contribution in [0.4, 0.5) is 0 Å². The zero-order valence-electron chi connectivity index (χ0n) is 9.41. The average molecular weight is 196 g/mol. The van der Waals surface area contributed by atoms with E-state index in [1.807, 2.05) is 0 Å². The molecule has 82 valence electrons. The van der Waals surface area contributed by atoms with E-state index >= 15 is 0 Å². The van der Waals surface area contributed by atoms with Crippen molar-refractivity contribution in [3.63, 3.8) is 0 Å². The highest BCUT2D eigenvalue weighted by Crippen LogP contribution is 2.35. The van der Waals surface area contributed by atoms with Crippen LogP contribution < -0.4 is 5.73 Å². The van der Waals surface area contributed by atoms with E-state index in [0.717, 1.165) is 18.4 Å². The van der Waals surface area contributed by atoms with Gasteiger partial charge in [0.05, 0.1) is 0 Å². The van der Waals surface area contributed by atoms with Crippen molar-refractivity contribution in [1.29, 1.82) is 0 Å². The highest BCUT2D eigenvalue weighted by Gasteiger charge is 2.34. The van der Waals surface area contributed by atoms with E-state index in [-0.39, 0.29) is 0 Å². The fourth-order valence-corrected chi connectivity index (χ4v) is 2.74. The largest absolute Gasteiger partial charge is 0.329 e. The van der Waals surface area contributed by atoms with Crippen LogP contribution in [0, 0.1) is 11.8 Å². The molecule has 1 saturated heterocycles. The van der Waals surface area contributed by atoms with Crippen LogP contribution in [0.3, 0.4) is 0 Å². The standard InChI is InChI=1S/C12H24N2/c1-10-3-2-7-14(8-6-10)12(9-13)11-4-5-11/h10-12H,2-9,13H2,1H3. The second-order valence-corrected chi connectivity index (χ2v) is 5.21. The zero-order chi connectivity index (χ0) is 9.97. The minimum atomic E-state index is 0.709. The summed E-state index contributed by atoms with van der Waals surface area (Å²) in [6.45, 7) is 5.85. The van der Waals surface area contributed by atoms with Gasteiger partial charge in [0.15, 0.2) is 0 Å². The van der Waals surface area contributed by atoms with E-state index in [1.165, 1.54) is 45.2 Å². The highest BCUT2D eigenvalue weighted by molar-refractivity contribution is 4.89. The van der Waals surface area contributed by atoms with E-state index in [9.17, 15) is 0 Å². The number of nitrogens with zero attached hydrogens (tertiary/aromatic N) is 1. The van der Waals surface area contributed by atoms with E-state index < -0.39 is 0 Å². The maximum atomic E-state index is 5.89. The Bertz CT molecular complexity index is 177. The number of nitrogens with two attached hydrogens (primary N) is 1. The van der Waals surface area contributed by atoms with E-state index in [4.69, 9.17) is 5.73 Å². The lowest BCUT2D eigenvalue weighted by atomic mass is 10.0. The normalized spacial score (nSPS) is 32.6. The van der Waals surface area contributed by atoms with Crippen molar-refractivity contribution in [3.05, 3.63) is 0 Å². The molecular weight excluding hydrogens is 172 g/mol. The summed E-state index contributed by atoms with van der Waals surface area (Å²) in [6.07, 6.45) is 7.02. The molecule has 0 aromatic rings. The average Bonchev–Trinajstić information content (AvgIpc) is 2.97. The Kier molecular flexibility index (Phi) is 3.45. The van der Waals surface area contributed by atoms with Gasteiger partial charge in [-0.15, -0.1) is 0 Å². The topological polar surface area (TPSA) is 29.3 Å². The fourth-order valence-electron chi connectivity index (χ4n) is 2.74. The molecule has 2 aliphatic rings. The van der Waals surface area contributed by atoms with E-state index in [2.05, 4.69) is 11.8 Å². The van der Waals surface area contributed by atoms with Crippen molar-refractivity contribution in [2.45, 2.75) is 45.1 Å². The molecule has 2 heteroatoms. The Balaban J connectivity index is 1.87. The van der Waals surface area contributed by atoms with Gasteiger partial charge in [-0.25, -0.2) is 0 Å². The predicted molar refractivity (Wildman–Crippen MR) is 60.2 cm³/mol. The molecule has 1 aliphatic heterocycles. The van der Waals surface area contributed by atoms with Gasteiger partial charge in [-0.05, 0) is 57.0 Å². The van der Waals surface area contributed by atoms with Crippen molar-refractivity contribution < 1.29 is 0 Å². The Morgan fingerprint density at radius 2 is 2.00 bits per heavy atom. The number of hydrogen-bond donors (Lipinski definition) is 1. The Labute approximate surface area is 87.8 Å². The molecule has 2 fully saturated rings. The van der Waals surface area contributed by atoms with Gasteiger partial charge in [0, 0.05) is 12.6 Å². The first-order valence-electron chi connectivity index (χ1n) is 6.25. The maximum absolute atomic E-state index is 5.89. The van der Waals surface area contributed by atoms with Crippen LogP contribution in [-0.4, -0.2) is 30.6 Å². The van der Waals surface area contributed by atoms with Gasteiger partial charge in [-0.3, -0.25) is 4.90 Å². The first-order chi connectivity index (χ1) is 6.81. The third kappa shape index (κ3) is 2.48. The number of hydrogen-bond acceptors (Lipinski definition) is 2. The van der Waals surface area contributed by atoms with Crippen molar-refractivity contribution in [1.82, 2.24) is 4.90 Å². The third-order valence-corrected chi connectivity index (χ3v) is 3.93. The van der Waals surface area contributed by atoms with Crippen LogP contribution >= 0.6 is 0 Å². The maximum Gasteiger partial charge on any atom is 0.0246 e. The van der Waals surface area contributed by atoms with Crippen molar-refractivity contribution in [2.75, 3.05) is 19.6 Å². The highest BCUT2D eigenvalue weighted by atomic mass is 15.2. The van der Waals surface area contributed by atoms with Gasteiger partial charge in [-0.1, -0.05) is 6.92 Å². The molecular formula is C12H24N2. The third-order valence-electron chi connectivity index (χ3n) is 3.93. The minimum Gasteiger partial charge on any atom is -0.329 e.